The lowest BCUT2D eigenvalue weighted by molar-refractivity contribution is 0.0989. The lowest BCUT2D eigenvalue weighted by atomic mass is 10.1. The van der Waals surface area contributed by atoms with Crippen LogP contribution in [-0.4, -0.2) is 56.1 Å². The molecule has 0 radical (unpaired) electrons. The highest BCUT2D eigenvalue weighted by molar-refractivity contribution is 6.09. The summed E-state index contributed by atoms with van der Waals surface area (Å²) >= 11 is 0. The van der Waals surface area contributed by atoms with Crippen LogP contribution in [0.3, 0.4) is 0 Å². The van der Waals surface area contributed by atoms with Gasteiger partial charge in [0.15, 0.2) is 0 Å². The SMILES string of the molecule is CCNc1ncc2c(n1)N(C)CCN(c1ccc(OC(CNC)c3ccccc3)cc1)C2=O. The quantitative estimate of drug-likeness (QED) is 0.549. The Bertz CT molecular complexity index is 1070. The molecule has 2 aromatic carbocycles. The number of rotatable bonds is 8. The van der Waals surface area contributed by atoms with Gasteiger partial charge in [0.25, 0.3) is 5.91 Å². The number of nitrogens with one attached hydrogen (secondary N) is 2. The van der Waals surface area contributed by atoms with Gasteiger partial charge in [-0.25, -0.2) is 4.98 Å². The average Bonchev–Trinajstić information content (AvgIpc) is 2.96. The molecular weight excluding hydrogens is 416 g/mol. The van der Waals surface area contributed by atoms with Gasteiger partial charge in [0, 0.05) is 45.1 Å². The molecule has 0 bridgehead atoms. The fraction of sp³-hybridized carbons (Fsp3) is 0.320. The van der Waals surface area contributed by atoms with E-state index < -0.39 is 0 Å². The van der Waals surface area contributed by atoms with Crippen LogP contribution < -0.4 is 25.2 Å². The second kappa shape index (κ2) is 10.3. The number of anilines is 3. The van der Waals surface area contributed by atoms with E-state index in [4.69, 9.17) is 4.74 Å². The molecule has 1 aliphatic rings. The second-order valence-electron chi connectivity index (χ2n) is 7.91. The molecule has 1 amide bonds. The Balaban J connectivity index is 1.54. The summed E-state index contributed by atoms with van der Waals surface area (Å²) in [6.45, 7) is 4.61. The molecule has 3 aromatic rings. The predicted octanol–water partition coefficient (Wildman–Crippen LogP) is 3.34. The van der Waals surface area contributed by atoms with Crippen molar-refractivity contribution in [2.45, 2.75) is 13.0 Å². The minimum Gasteiger partial charge on any atom is -0.484 e. The van der Waals surface area contributed by atoms with Crippen molar-refractivity contribution in [3.63, 3.8) is 0 Å². The maximum absolute atomic E-state index is 13.3. The third kappa shape index (κ3) is 5.06. The first kappa shape index (κ1) is 22.5. The molecule has 4 rings (SSSR count). The van der Waals surface area contributed by atoms with E-state index in [9.17, 15) is 4.79 Å². The van der Waals surface area contributed by atoms with Crippen molar-refractivity contribution in [2.75, 3.05) is 55.4 Å². The lowest BCUT2D eigenvalue weighted by Crippen LogP contribution is -2.33. The summed E-state index contributed by atoms with van der Waals surface area (Å²) in [6, 6.07) is 17.8. The van der Waals surface area contributed by atoms with Crippen LogP contribution in [0.2, 0.25) is 0 Å². The van der Waals surface area contributed by atoms with Gasteiger partial charge in [-0.2, -0.15) is 4.98 Å². The molecule has 0 aliphatic carbocycles. The van der Waals surface area contributed by atoms with Crippen LogP contribution in [0.15, 0.2) is 60.8 Å². The summed E-state index contributed by atoms with van der Waals surface area (Å²) in [7, 11) is 3.86. The molecule has 172 valence electrons. The number of ether oxygens (including phenoxy) is 1. The second-order valence-corrected chi connectivity index (χ2v) is 7.91. The molecule has 2 heterocycles. The molecule has 0 spiro atoms. The average molecular weight is 447 g/mol. The summed E-state index contributed by atoms with van der Waals surface area (Å²) in [4.78, 5) is 26.0. The van der Waals surface area contributed by atoms with E-state index in [1.54, 1.807) is 11.1 Å². The summed E-state index contributed by atoms with van der Waals surface area (Å²) in [5, 5.41) is 6.30. The number of carbonyl (C=O) groups excluding carboxylic acids is 1. The Morgan fingerprint density at radius 2 is 1.85 bits per heavy atom. The van der Waals surface area contributed by atoms with Gasteiger partial charge in [-0.15, -0.1) is 0 Å². The fourth-order valence-corrected chi connectivity index (χ4v) is 3.86. The van der Waals surface area contributed by atoms with Crippen LogP contribution in [0.25, 0.3) is 0 Å². The third-order valence-electron chi connectivity index (χ3n) is 5.59. The molecule has 33 heavy (non-hydrogen) atoms. The van der Waals surface area contributed by atoms with Crippen molar-refractivity contribution < 1.29 is 9.53 Å². The summed E-state index contributed by atoms with van der Waals surface area (Å²) in [5.41, 5.74) is 2.42. The van der Waals surface area contributed by atoms with Gasteiger partial charge in [0.1, 0.15) is 23.2 Å². The summed E-state index contributed by atoms with van der Waals surface area (Å²) in [5.74, 6) is 1.82. The van der Waals surface area contributed by atoms with Gasteiger partial charge in [-0.1, -0.05) is 30.3 Å². The highest BCUT2D eigenvalue weighted by Gasteiger charge is 2.28. The third-order valence-corrected chi connectivity index (χ3v) is 5.59. The van der Waals surface area contributed by atoms with Crippen LogP contribution in [0.1, 0.15) is 28.9 Å². The van der Waals surface area contributed by atoms with E-state index in [-0.39, 0.29) is 12.0 Å². The number of benzene rings is 2. The number of hydrogen-bond acceptors (Lipinski definition) is 7. The van der Waals surface area contributed by atoms with E-state index in [1.165, 1.54) is 0 Å². The lowest BCUT2D eigenvalue weighted by Gasteiger charge is -2.23. The molecule has 1 aromatic heterocycles. The van der Waals surface area contributed by atoms with Gasteiger partial charge < -0.3 is 25.2 Å². The minimum absolute atomic E-state index is 0.106. The van der Waals surface area contributed by atoms with Gasteiger partial charge >= 0.3 is 0 Å². The van der Waals surface area contributed by atoms with E-state index in [1.807, 2.05) is 68.4 Å². The van der Waals surface area contributed by atoms with Gasteiger partial charge in [-0.3, -0.25) is 4.79 Å². The number of nitrogens with zero attached hydrogens (tertiary/aromatic N) is 4. The van der Waals surface area contributed by atoms with Gasteiger partial charge in [-0.05, 0) is 43.8 Å². The minimum atomic E-state index is -0.108. The van der Waals surface area contributed by atoms with Crippen LogP contribution in [-0.2, 0) is 0 Å². The molecule has 0 fully saturated rings. The van der Waals surface area contributed by atoms with Gasteiger partial charge in [0.2, 0.25) is 5.95 Å². The van der Waals surface area contributed by atoms with Crippen molar-refractivity contribution in [1.82, 2.24) is 15.3 Å². The summed E-state index contributed by atoms with van der Waals surface area (Å²) in [6.07, 6.45) is 1.50. The zero-order valence-corrected chi connectivity index (χ0v) is 19.3. The van der Waals surface area contributed by atoms with E-state index >= 15 is 0 Å². The molecule has 8 heteroatoms. The Morgan fingerprint density at radius 3 is 2.55 bits per heavy atom. The number of carbonyl (C=O) groups is 1. The highest BCUT2D eigenvalue weighted by Crippen LogP contribution is 2.29. The monoisotopic (exact) mass is 446 g/mol. The molecule has 1 unspecified atom stereocenters. The zero-order chi connectivity index (χ0) is 23.2. The summed E-state index contributed by atoms with van der Waals surface area (Å²) < 4.78 is 6.24. The fourth-order valence-electron chi connectivity index (χ4n) is 3.86. The Kier molecular flexibility index (Phi) is 7.04. The van der Waals surface area contributed by atoms with E-state index in [0.717, 1.165) is 23.5 Å². The first-order valence-corrected chi connectivity index (χ1v) is 11.2. The van der Waals surface area contributed by atoms with Crippen LogP contribution in [0.5, 0.6) is 5.75 Å². The zero-order valence-electron chi connectivity index (χ0n) is 19.3. The van der Waals surface area contributed by atoms with Crippen molar-refractivity contribution in [1.29, 1.82) is 0 Å². The maximum Gasteiger partial charge on any atom is 0.263 e. The predicted molar refractivity (Wildman–Crippen MR) is 131 cm³/mol. The standard InChI is InChI=1S/C25H30N6O2/c1-4-27-25-28-16-21-23(29-25)30(3)14-15-31(24(21)32)19-10-12-20(13-11-19)33-22(17-26-2)18-8-6-5-7-9-18/h5-13,16,22,26H,4,14-15,17H2,1-3H3,(H,27,28,29). The molecule has 8 nitrogen and oxygen atoms in total. The van der Waals surface area contributed by atoms with E-state index in [0.29, 0.717) is 37.0 Å². The number of fused-ring (bicyclic) bond motifs is 1. The molecule has 0 saturated carbocycles. The number of aromatic nitrogens is 2. The van der Waals surface area contributed by atoms with E-state index in [2.05, 4.69) is 32.7 Å². The first-order chi connectivity index (χ1) is 16.1. The van der Waals surface area contributed by atoms with Crippen molar-refractivity contribution in [2.24, 2.45) is 0 Å². The van der Waals surface area contributed by atoms with Crippen LogP contribution >= 0.6 is 0 Å². The van der Waals surface area contributed by atoms with Crippen LogP contribution in [0.4, 0.5) is 17.5 Å². The van der Waals surface area contributed by atoms with Crippen molar-refractivity contribution in [3.8, 4) is 5.75 Å². The molecular formula is C25H30N6O2. The maximum atomic E-state index is 13.3. The Hall–Kier alpha value is -3.65. The smallest absolute Gasteiger partial charge is 0.263 e. The molecule has 1 aliphatic heterocycles. The number of hydrogen-bond donors (Lipinski definition) is 2. The van der Waals surface area contributed by atoms with Gasteiger partial charge in [0.05, 0.1) is 0 Å². The topological polar surface area (TPSA) is 82.6 Å². The normalized spacial score (nSPS) is 14.5. The number of likely N-dealkylation sites (N-methyl/N-ethyl adjacent to an activating group) is 2. The first-order valence-electron chi connectivity index (χ1n) is 11.2. The Labute approximate surface area is 194 Å². The molecule has 0 saturated heterocycles. The largest absolute Gasteiger partial charge is 0.484 e. The van der Waals surface area contributed by atoms with Crippen LogP contribution in [0, 0.1) is 0 Å². The molecule has 1 atom stereocenters. The van der Waals surface area contributed by atoms with Crippen molar-refractivity contribution in [3.05, 3.63) is 71.9 Å². The van der Waals surface area contributed by atoms with Crippen molar-refractivity contribution >= 4 is 23.4 Å². The highest BCUT2D eigenvalue weighted by atomic mass is 16.5. The Morgan fingerprint density at radius 1 is 1.09 bits per heavy atom. The molecule has 2 N–H and O–H groups in total. The number of amides is 1.